The molecular formula is C58H44N2Si. The summed E-state index contributed by atoms with van der Waals surface area (Å²) in [4.78, 5) is 0. The highest BCUT2D eigenvalue weighted by Crippen LogP contribution is 2.53. The van der Waals surface area contributed by atoms with Gasteiger partial charge in [-0.1, -0.05) is 190 Å². The predicted octanol–water partition coefficient (Wildman–Crippen LogP) is 12.4. The monoisotopic (exact) mass is 796 g/mol. The second-order valence-corrected chi connectivity index (χ2v) is 21.2. The van der Waals surface area contributed by atoms with Crippen LogP contribution in [-0.2, 0) is 11.5 Å². The summed E-state index contributed by atoms with van der Waals surface area (Å²) in [6.07, 6.45) is 0. The summed E-state index contributed by atoms with van der Waals surface area (Å²) in [5.74, 6) is 0. The van der Waals surface area contributed by atoms with Crippen molar-refractivity contribution in [2.24, 2.45) is 0 Å². The van der Waals surface area contributed by atoms with Gasteiger partial charge in [-0.15, -0.1) is 0 Å². The van der Waals surface area contributed by atoms with Crippen molar-refractivity contribution in [2.45, 2.75) is 25.3 Å². The maximum Gasteiger partial charge on any atom is 0.152 e. The van der Waals surface area contributed by atoms with E-state index in [1.807, 2.05) is 0 Å². The third-order valence-electron chi connectivity index (χ3n) is 13.8. The molecular weight excluding hydrogens is 753 g/mol. The van der Waals surface area contributed by atoms with Crippen LogP contribution in [-0.4, -0.2) is 17.2 Å². The number of aromatic nitrogens is 2. The summed E-state index contributed by atoms with van der Waals surface area (Å²) in [6.45, 7) is 4.75. The largest absolute Gasteiger partial charge is 0.309 e. The second-order valence-electron chi connectivity index (χ2n) is 17.3. The molecule has 2 nitrogen and oxygen atoms in total. The Morgan fingerprint density at radius 1 is 0.393 bits per heavy atom. The van der Waals surface area contributed by atoms with Crippen molar-refractivity contribution < 1.29 is 0 Å². The summed E-state index contributed by atoms with van der Waals surface area (Å²) < 4.78 is 4.99. The molecule has 3 heteroatoms. The number of fused-ring (bicyclic) bond motifs is 10. The third-order valence-corrected chi connectivity index (χ3v) is 18.6. The Kier molecular flexibility index (Phi) is 8.00. The van der Waals surface area contributed by atoms with Crippen LogP contribution in [0, 0.1) is 0 Å². The predicted molar refractivity (Wildman–Crippen MR) is 260 cm³/mol. The van der Waals surface area contributed by atoms with Gasteiger partial charge in [0.1, 0.15) is 0 Å². The van der Waals surface area contributed by atoms with E-state index in [1.165, 1.54) is 98.4 Å². The van der Waals surface area contributed by atoms with Gasteiger partial charge in [-0.2, -0.15) is 0 Å². The zero-order chi connectivity index (χ0) is 40.7. The smallest absolute Gasteiger partial charge is 0.152 e. The lowest BCUT2D eigenvalue weighted by Gasteiger charge is -2.34. The summed E-state index contributed by atoms with van der Waals surface area (Å²) in [5, 5.41) is 9.41. The number of rotatable bonds is 7. The van der Waals surface area contributed by atoms with Crippen LogP contribution in [0.1, 0.15) is 30.5 Å². The van der Waals surface area contributed by atoms with E-state index >= 15 is 0 Å². The van der Waals surface area contributed by atoms with Crippen molar-refractivity contribution >= 4 is 67.2 Å². The van der Waals surface area contributed by atoms with Gasteiger partial charge in [0, 0.05) is 38.3 Å². The minimum atomic E-state index is -2.76. The van der Waals surface area contributed by atoms with Gasteiger partial charge in [0.05, 0.1) is 22.1 Å². The number of para-hydroxylation sites is 4. The highest BCUT2D eigenvalue weighted by atomic mass is 28.3. The number of nitrogens with zero attached hydrogens (tertiary/aromatic N) is 2. The van der Waals surface area contributed by atoms with Crippen molar-refractivity contribution in [1.29, 1.82) is 0 Å². The Morgan fingerprint density at radius 3 is 1.64 bits per heavy atom. The maximum absolute atomic E-state index is 2.76. The lowest BCUT2D eigenvalue weighted by Crippen LogP contribution is -2.69. The average molecular weight is 797 g/mol. The third kappa shape index (κ3) is 5.20. The van der Waals surface area contributed by atoms with Crippen LogP contribution < -0.4 is 15.6 Å². The normalized spacial score (nSPS) is 13.3. The molecule has 2 heterocycles. The van der Waals surface area contributed by atoms with Crippen LogP contribution in [0.2, 0.25) is 0 Å². The molecule has 0 saturated carbocycles. The Balaban J connectivity index is 1.09. The van der Waals surface area contributed by atoms with Gasteiger partial charge in [-0.05, 0) is 91.9 Å². The quantitative estimate of drug-likeness (QED) is 0.112. The molecule has 0 radical (unpaired) electrons. The van der Waals surface area contributed by atoms with Gasteiger partial charge in [0.15, 0.2) is 8.07 Å². The topological polar surface area (TPSA) is 9.86 Å². The first kappa shape index (κ1) is 35.7. The van der Waals surface area contributed by atoms with Crippen LogP contribution >= 0.6 is 0 Å². The molecule has 0 N–H and O–H groups in total. The fourth-order valence-corrected chi connectivity index (χ4v) is 15.8. The Morgan fingerprint density at radius 2 is 0.934 bits per heavy atom. The lowest BCUT2D eigenvalue weighted by molar-refractivity contribution is 0.661. The van der Waals surface area contributed by atoms with Gasteiger partial charge >= 0.3 is 0 Å². The second kappa shape index (κ2) is 13.7. The fourth-order valence-electron chi connectivity index (χ4n) is 11.0. The minimum Gasteiger partial charge on any atom is -0.309 e. The van der Waals surface area contributed by atoms with E-state index in [4.69, 9.17) is 0 Å². The first-order chi connectivity index (χ1) is 30.0. The summed E-state index contributed by atoms with van der Waals surface area (Å²) in [6, 6.07) is 82.8. The molecule has 0 saturated heterocycles. The van der Waals surface area contributed by atoms with E-state index in [9.17, 15) is 0 Å². The molecule has 0 spiro atoms. The molecule has 1 aliphatic carbocycles. The standard InChI is InChI=1S/C58H44N2Si/c1-58(2)50-30-15-12-27-48(50)55-51(58)37-38-54-56(55)49-28-14-17-32-53(49)59(54)42-33-35-45(36-34-42)61(43-22-8-4-9-23-43,44-24-10-5-11-25-44)39-40-19-18-29-47-46-26-13-16-31-52(46)60(57(40)47)41-20-6-3-7-21-41/h3-38H,39H2,1-2H3. The van der Waals surface area contributed by atoms with Crippen LogP contribution in [0.15, 0.2) is 218 Å². The van der Waals surface area contributed by atoms with Gasteiger partial charge in [-0.25, -0.2) is 0 Å². The molecule has 0 amide bonds. The van der Waals surface area contributed by atoms with Crippen LogP contribution in [0.4, 0.5) is 0 Å². The van der Waals surface area contributed by atoms with Crippen molar-refractivity contribution in [2.75, 3.05) is 0 Å². The molecule has 2 aromatic heterocycles. The Labute approximate surface area is 357 Å². The van der Waals surface area contributed by atoms with Crippen LogP contribution in [0.5, 0.6) is 0 Å². The zero-order valence-corrected chi connectivity index (χ0v) is 35.4. The highest BCUT2D eigenvalue weighted by molar-refractivity contribution is 7.11. The zero-order valence-electron chi connectivity index (χ0n) is 34.4. The van der Waals surface area contributed by atoms with E-state index in [0.29, 0.717) is 0 Å². The van der Waals surface area contributed by atoms with E-state index in [2.05, 4.69) is 241 Å². The average Bonchev–Trinajstić information content (AvgIpc) is 3.93. The van der Waals surface area contributed by atoms with E-state index < -0.39 is 8.07 Å². The Bertz CT molecular complexity index is 3410. The first-order valence-electron chi connectivity index (χ1n) is 21.5. The van der Waals surface area contributed by atoms with Crippen molar-refractivity contribution in [1.82, 2.24) is 9.13 Å². The molecule has 12 rings (SSSR count). The molecule has 0 unspecified atom stereocenters. The Hall–Kier alpha value is -7.20. The minimum absolute atomic E-state index is 0.0619. The highest BCUT2D eigenvalue weighted by Gasteiger charge is 2.41. The summed E-state index contributed by atoms with van der Waals surface area (Å²) in [7, 11) is -2.76. The van der Waals surface area contributed by atoms with E-state index in [0.717, 1.165) is 6.04 Å². The summed E-state index contributed by atoms with van der Waals surface area (Å²) >= 11 is 0. The maximum atomic E-state index is 2.50. The molecule has 0 atom stereocenters. The molecule has 0 bridgehead atoms. The van der Waals surface area contributed by atoms with E-state index in [1.54, 1.807) is 0 Å². The number of hydrogen-bond acceptors (Lipinski definition) is 0. The molecule has 0 fully saturated rings. The van der Waals surface area contributed by atoms with Crippen molar-refractivity contribution in [3.8, 4) is 22.5 Å². The van der Waals surface area contributed by atoms with Gasteiger partial charge in [0.2, 0.25) is 0 Å². The molecule has 61 heavy (non-hydrogen) atoms. The van der Waals surface area contributed by atoms with Crippen molar-refractivity contribution in [3.05, 3.63) is 235 Å². The van der Waals surface area contributed by atoms with Crippen molar-refractivity contribution in [3.63, 3.8) is 0 Å². The molecule has 0 aliphatic heterocycles. The van der Waals surface area contributed by atoms with Gasteiger partial charge in [-0.3, -0.25) is 0 Å². The van der Waals surface area contributed by atoms with Crippen LogP contribution in [0.25, 0.3) is 66.1 Å². The van der Waals surface area contributed by atoms with Crippen LogP contribution in [0.3, 0.4) is 0 Å². The van der Waals surface area contributed by atoms with Gasteiger partial charge < -0.3 is 9.13 Å². The fraction of sp³-hybridized carbons (Fsp3) is 0.0690. The number of hydrogen-bond donors (Lipinski definition) is 0. The molecule has 290 valence electrons. The molecule has 11 aromatic rings. The number of benzene rings is 9. The summed E-state index contributed by atoms with van der Waals surface area (Å²) in [5.41, 5.74) is 14.2. The lowest BCUT2D eigenvalue weighted by atomic mass is 9.82. The SMILES string of the molecule is CC1(C)c2ccccc2-c2c1ccc1c2c2ccccc2n1-c1ccc([Si](Cc2cccc3c4ccccc4n(-c4ccccc4)c23)(c2ccccc2)c2ccccc2)cc1. The van der Waals surface area contributed by atoms with Gasteiger partial charge in [0.25, 0.3) is 0 Å². The first-order valence-corrected chi connectivity index (χ1v) is 23.7. The molecule has 9 aromatic carbocycles. The van der Waals surface area contributed by atoms with E-state index in [-0.39, 0.29) is 5.41 Å². The molecule has 1 aliphatic rings.